The molecule has 0 saturated heterocycles. The first-order valence-corrected chi connectivity index (χ1v) is 6.00. The Morgan fingerprint density at radius 2 is 1.79 bits per heavy atom. The van der Waals surface area contributed by atoms with Crippen molar-refractivity contribution in [1.29, 1.82) is 0 Å². The molecule has 2 rings (SSSR count). The molecule has 4 heteroatoms. The molecule has 0 spiro atoms. The highest BCUT2D eigenvalue weighted by atomic mass is 16.4. The molecule has 0 amide bonds. The summed E-state index contributed by atoms with van der Waals surface area (Å²) in [7, 11) is 0. The van der Waals surface area contributed by atoms with E-state index >= 15 is 0 Å². The number of aromatic amines is 1. The fourth-order valence-corrected chi connectivity index (χ4v) is 2.12. The van der Waals surface area contributed by atoms with E-state index in [0.717, 1.165) is 11.3 Å². The first-order chi connectivity index (χ1) is 9.00. The van der Waals surface area contributed by atoms with Gasteiger partial charge in [0.2, 0.25) is 0 Å². The van der Waals surface area contributed by atoms with E-state index in [0.29, 0.717) is 16.8 Å². The standard InChI is InChI=1S/C15H15NO3/c1-9-10(2)16-12(8-13(17)18)14(9)15(19)11-6-4-3-5-7-11/h3-7,16H,8H2,1-2H3,(H,17,18). The summed E-state index contributed by atoms with van der Waals surface area (Å²) in [6.07, 6.45) is -0.178. The maximum atomic E-state index is 12.5. The van der Waals surface area contributed by atoms with Crippen molar-refractivity contribution in [3.8, 4) is 0 Å². The van der Waals surface area contributed by atoms with E-state index in [-0.39, 0.29) is 12.2 Å². The van der Waals surface area contributed by atoms with Gasteiger partial charge in [0.25, 0.3) is 0 Å². The minimum atomic E-state index is -0.955. The number of carboxylic acids is 1. The van der Waals surface area contributed by atoms with Crippen LogP contribution in [0.15, 0.2) is 30.3 Å². The van der Waals surface area contributed by atoms with Gasteiger partial charge in [-0.05, 0) is 19.4 Å². The van der Waals surface area contributed by atoms with Crippen LogP contribution in [0.5, 0.6) is 0 Å². The van der Waals surface area contributed by atoms with E-state index in [1.807, 2.05) is 19.9 Å². The number of rotatable bonds is 4. The third-order valence-corrected chi connectivity index (χ3v) is 3.17. The van der Waals surface area contributed by atoms with Crippen LogP contribution in [0.1, 0.15) is 32.9 Å². The SMILES string of the molecule is Cc1[nH]c(CC(=O)O)c(C(=O)c2ccccc2)c1C. The average Bonchev–Trinajstić information content (AvgIpc) is 2.64. The monoisotopic (exact) mass is 257 g/mol. The Bertz CT molecular complexity index is 626. The van der Waals surface area contributed by atoms with Gasteiger partial charge in [-0.3, -0.25) is 9.59 Å². The van der Waals surface area contributed by atoms with E-state index in [9.17, 15) is 9.59 Å². The molecule has 1 heterocycles. The van der Waals surface area contributed by atoms with Crippen LogP contribution in [0.3, 0.4) is 0 Å². The second kappa shape index (κ2) is 5.10. The fraction of sp³-hybridized carbons (Fsp3) is 0.200. The molecule has 1 aromatic carbocycles. The van der Waals surface area contributed by atoms with E-state index in [4.69, 9.17) is 5.11 Å². The van der Waals surface area contributed by atoms with Gasteiger partial charge in [0.05, 0.1) is 6.42 Å². The maximum Gasteiger partial charge on any atom is 0.309 e. The Morgan fingerprint density at radius 1 is 1.16 bits per heavy atom. The van der Waals surface area contributed by atoms with Gasteiger partial charge in [0, 0.05) is 22.5 Å². The van der Waals surface area contributed by atoms with Gasteiger partial charge in [0.1, 0.15) is 0 Å². The molecule has 0 aliphatic heterocycles. The highest BCUT2D eigenvalue weighted by Crippen LogP contribution is 2.22. The Balaban J connectivity index is 2.49. The van der Waals surface area contributed by atoms with Crippen LogP contribution < -0.4 is 0 Å². The summed E-state index contributed by atoms with van der Waals surface area (Å²) >= 11 is 0. The van der Waals surface area contributed by atoms with Crippen molar-refractivity contribution in [1.82, 2.24) is 4.98 Å². The molecular weight excluding hydrogens is 242 g/mol. The lowest BCUT2D eigenvalue weighted by Gasteiger charge is -2.03. The number of aliphatic carboxylic acids is 1. The minimum Gasteiger partial charge on any atom is -0.481 e. The topological polar surface area (TPSA) is 70.2 Å². The third-order valence-electron chi connectivity index (χ3n) is 3.17. The number of nitrogens with one attached hydrogen (secondary N) is 1. The molecule has 2 aromatic rings. The van der Waals surface area contributed by atoms with Gasteiger partial charge in [-0.15, -0.1) is 0 Å². The number of carboxylic acid groups (broad SMARTS) is 1. The quantitative estimate of drug-likeness (QED) is 0.827. The lowest BCUT2D eigenvalue weighted by molar-refractivity contribution is -0.136. The number of hydrogen-bond donors (Lipinski definition) is 2. The zero-order chi connectivity index (χ0) is 14.0. The molecule has 0 saturated carbocycles. The zero-order valence-electron chi connectivity index (χ0n) is 10.9. The number of ketones is 1. The maximum absolute atomic E-state index is 12.5. The number of benzene rings is 1. The zero-order valence-corrected chi connectivity index (χ0v) is 10.9. The van der Waals surface area contributed by atoms with Crippen molar-refractivity contribution in [2.24, 2.45) is 0 Å². The van der Waals surface area contributed by atoms with Gasteiger partial charge in [0.15, 0.2) is 5.78 Å². The van der Waals surface area contributed by atoms with Crippen LogP contribution in [-0.2, 0) is 11.2 Å². The summed E-state index contributed by atoms with van der Waals surface area (Å²) in [5, 5.41) is 8.91. The largest absolute Gasteiger partial charge is 0.481 e. The fourth-order valence-electron chi connectivity index (χ4n) is 2.12. The number of aryl methyl sites for hydroxylation is 1. The van der Waals surface area contributed by atoms with Crippen LogP contribution >= 0.6 is 0 Å². The predicted octanol–water partition coefficient (Wildman–Crippen LogP) is 2.49. The van der Waals surface area contributed by atoms with Crippen molar-refractivity contribution >= 4 is 11.8 Å². The number of hydrogen-bond acceptors (Lipinski definition) is 2. The molecule has 0 unspecified atom stereocenters. The number of H-pyrrole nitrogens is 1. The molecule has 1 aromatic heterocycles. The highest BCUT2D eigenvalue weighted by molar-refractivity contribution is 6.11. The van der Waals surface area contributed by atoms with Crippen molar-refractivity contribution in [2.45, 2.75) is 20.3 Å². The van der Waals surface area contributed by atoms with Crippen LogP contribution in [0.4, 0.5) is 0 Å². The Morgan fingerprint density at radius 3 is 2.37 bits per heavy atom. The number of aromatic nitrogens is 1. The lowest BCUT2D eigenvalue weighted by Crippen LogP contribution is -2.09. The van der Waals surface area contributed by atoms with Crippen molar-refractivity contribution < 1.29 is 14.7 Å². The molecule has 19 heavy (non-hydrogen) atoms. The van der Waals surface area contributed by atoms with Crippen LogP contribution in [-0.4, -0.2) is 21.8 Å². The molecule has 0 fully saturated rings. The predicted molar refractivity (Wildman–Crippen MR) is 71.5 cm³/mol. The molecule has 0 bridgehead atoms. The summed E-state index contributed by atoms with van der Waals surface area (Å²) in [6, 6.07) is 8.88. The molecule has 0 radical (unpaired) electrons. The van der Waals surface area contributed by atoms with E-state index in [1.165, 1.54) is 0 Å². The van der Waals surface area contributed by atoms with Gasteiger partial charge in [-0.2, -0.15) is 0 Å². The van der Waals surface area contributed by atoms with Crippen LogP contribution in [0.2, 0.25) is 0 Å². The van der Waals surface area contributed by atoms with Gasteiger partial charge >= 0.3 is 5.97 Å². The smallest absolute Gasteiger partial charge is 0.309 e. The summed E-state index contributed by atoms with van der Waals surface area (Å²) in [6.45, 7) is 3.66. The van der Waals surface area contributed by atoms with Crippen molar-refractivity contribution in [3.05, 3.63) is 58.4 Å². The Labute approximate surface area is 111 Å². The van der Waals surface area contributed by atoms with Gasteiger partial charge in [-0.25, -0.2) is 0 Å². The molecule has 2 N–H and O–H groups in total. The summed E-state index contributed by atoms with van der Waals surface area (Å²) in [5.41, 5.74) is 3.15. The van der Waals surface area contributed by atoms with Crippen LogP contribution in [0, 0.1) is 13.8 Å². The third kappa shape index (κ3) is 2.57. The summed E-state index contributed by atoms with van der Waals surface area (Å²) in [5.74, 6) is -1.10. The average molecular weight is 257 g/mol. The van der Waals surface area contributed by atoms with Gasteiger partial charge in [-0.1, -0.05) is 30.3 Å². The minimum absolute atomic E-state index is 0.140. The Hall–Kier alpha value is -2.36. The molecule has 0 aliphatic carbocycles. The summed E-state index contributed by atoms with van der Waals surface area (Å²) < 4.78 is 0. The van der Waals surface area contributed by atoms with Crippen molar-refractivity contribution in [3.63, 3.8) is 0 Å². The van der Waals surface area contributed by atoms with E-state index in [1.54, 1.807) is 24.3 Å². The first-order valence-electron chi connectivity index (χ1n) is 6.00. The second-order valence-electron chi connectivity index (χ2n) is 4.49. The first kappa shape index (κ1) is 13.1. The lowest BCUT2D eigenvalue weighted by atomic mass is 9.98. The number of carbonyl (C=O) groups is 2. The normalized spacial score (nSPS) is 10.4. The van der Waals surface area contributed by atoms with Crippen LogP contribution in [0.25, 0.3) is 0 Å². The second-order valence-corrected chi connectivity index (χ2v) is 4.49. The molecule has 4 nitrogen and oxygen atoms in total. The Kier molecular flexibility index (Phi) is 3.51. The molecular formula is C15H15NO3. The van der Waals surface area contributed by atoms with E-state index < -0.39 is 5.97 Å². The van der Waals surface area contributed by atoms with E-state index in [2.05, 4.69) is 4.98 Å². The molecule has 98 valence electrons. The summed E-state index contributed by atoms with van der Waals surface area (Å²) in [4.78, 5) is 26.3. The van der Waals surface area contributed by atoms with Gasteiger partial charge < -0.3 is 10.1 Å². The number of carbonyl (C=O) groups excluding carboxylic acids is 1. The molecule has 0 atom stereocenters. The highest BCUT2D eigenvalue weighted by Gasteiger charge is 2.21. The molecule has 0 aliphatic rings. The van der Waals surface area contributed by atoms with Crippen molar-refractivity contribution in [2.75, 3.05) is 0 Å².